The summed E-state index contributed by atoms with van der Waals surface area (Å²) in [6, 6.07) is 23.7. The predicted octanol–water partition coefficient (Wildman–Crippen LogP) is 3.25. The van der Waals surface area contributed by atoms with Crippen LogP contribution in [0.15, 0.2) is 85.1 Å². The van der Waals surface area contributed by atoms with Gasteiger partial charge in [0.2, 0.25) is 11.8 Å². The van der Waals surface area contributed by atoms with E-state index in [2.05, 4.69) is 10.3 Å². The molecule has 0 radical (unpaired) electrons. The van der Waals surface area contributed by atoms with E-state index in [-0.39, 0.29) is 30.6 Å². The maximum Gasteiger partial charge on any atom is 0.251 e. The van der Waals surface area contributed by atoms with Gasteiger partial charge in [0.25, 0.3) is 5.91 Å². The second-order valence-corrected chi connectivity index (χ2v) is 8.62. The minimum absolute atomic E-state index is 0.0234. The number of nitrogens with one attached hydrogen (secondary N) is 1. The highest BCUT2D eigenvalue weighted by atomic mass is 16.2. The van der Waals surface area contributed by atoms with Gasteiger partial charge in [0.1, 0.15) is 0 Å². The van der Waals surface area contributed by atoms with Crippen molar-refractivity contribution in [3.8, 4) is 0 Å². The summed E-state index contributed by atoms with van der Waals surface area (Å²) in [7, 11) is 0. The van der Waals surface area contributed by atoms with Crippen LogP contribution in [0.4, 0.5) is 0 Å². The Labute approximate surface area is 205 Å². The molecule has 7 nitrogen and oxygen atoms in total. The molecular weight excluding hydrogens is 440 g/mol. The highest BCUT2D eigenvalue weighted by Gasteiger charge is 2.26. The number of carbonyl (C=O) groups excluding carboxylic acids is 3. The van der Waals surface area contributed by atoms with Gasteiger partial charge in [0.05, 0.1) is 18.9 Å². The van der Waals surface area contributed by atoms with Gasteiger partial charge in [-0.2, -0.15) is 0 Å². The van der Waals surface area contributed by atoms with Crippen LogP contribution in [-0.2, 0) is 16.0 Å². The number of nitrogens with zero attached hydrogens (tertiary/aromatic N) is 3. The molecule has 1 aromatic heterocycles. The van der Waals surface area contributed by atoms with E-state index in [1.807, 2.05) is 71.6 Å². The lowest BCUT2D eigenvalue weighted by Crippen LogP contribution is -2.39. The first-order chi connectivity index (χ1) is 17.1. The van der Waals surface area contributed by atoms with E-state index in [4.69, 9.17) is 0 Å². The summed E-state index contributed by atoms with van der Waals surface area (Å²) in [5.41, 5.74) is 2.18. The zero-order valence-electron chi connectivity index (χ0n) is 19.7. The smallest absolute Gasteiger partial charge is 0.251 e. The van der Waals surface area contributed by atoms with Crippen molar-refractivity contribution in [1.29, 1.82) is 0 Å². The zero-order chi connectivity index (χ0) is 24.5. The van der Waals surface area contributed by atoms with E-state index in [0.29, 0.717) is 38.2 Å². The van der Waals surface area contributed by atoms with Crippen LogP contribution in [0.2, 0.25) is 0 Å². The Morgan fingerprint density at radius 3 is 2.06 bits per heavy atom. The molecule has 180 valence electrons. The van der Waals surface area contributed by atoms with Crippen molar-refractivity contribution in [3.63, 3.8) is 0 Å². The standard InChI is InChI=1S/C28H30N4O3/c33-26(20-24-14-7-8-15-29-24)31-16-9-17-32(19-18-31)27(34)21-25(22-10-3-1-4-11-22)30-28(35)23-12-5-2-6-13-23/h1-8,10-15,25H,9,16-21H2,(H,30,35). The van der Waals surface area contributed by atoms with Gasteiger partial charge < -0.3 is 15.1 Å². The molecule has 0 saturated carbocycles. The number of pyridine rings is 1. The molecule has 0 aliphatic carbocycles. The van der Waals surface area contributed by atoms with Gasteiger partial charge in [0, 0.05) is 43.6 Å². The average Bonchev–Trinajstić information content (AvgIpc) is 3.16. The van der Waals surface area contributed by atoms with E-state index in [0.717, 1.165) is 11.3 Å². The molecule has 1 aliphatic rings. The van der Waals surface area contributed by atoms with Crippen molar-refractivity contribution in [2.75, 3.05) is 26.2 Å². The molecule has 2 heterocycles. The van der Waals surface area contributed by atoms with Crippen LogP contribution in [0.5, 0.6) is 0 Å². The van der Waals surface area contributed by atoms with Crippen molar-refractivity contribution >= 4 is 17.7 Å². The Hall–Kier alpha value is -4.00. The number of amides is 3. The summed E-state index contributed by atoms with van der Waals surface area (Å²) < 4.78 is 0. The molecule has 1 unspecified atom stereocenters. The summed E-state index contributed by atoms with van der Waals surface area (Å²) in [6.07, 6.45) is 2.82. The number of hydrogen-bond donors (Lipinski definition) is 1. The molecule has 35 heavy (non-hydrogen) atoms. The van der Waals surface area contributed by atoms with E-state index in [1.165, 1.54) is 0 Å². The fraction of sp³-hybridized carbons (Fsp3) is 0.286. The molecule has 1 saturated heterocycles. The highest BCUT2D eigenvalue weighted by molar-refractivity contribution is 5.94. The van der Waals surface area contributed by atoms with Gasteiger partial charge >= 0.3 is 0 Å². The first kappa shape index (κ1) is 24.1. The van der Waals surface area contributed by atoms with Crippen LogP contribution in [-0.4, -0.2) is 58.7 Å². The van der Waals surface area contributed by atoms with Crippen LogP contribution in [0.25, 0.3) is 0 Å². The molecule has 4 rings (SSSR count). The van der Waals surface area contributed by atoms with Crippen molar-refractivity contribution in [3.05, 3.63) is 102 Å². The average molecular weight is 471 g/mol. The minimum Gasteiger partial charge on any atom is -0.345 e. The van der Waals surface area contributed by atoms with E-state index in [1.54, 1.807) is 23.2 Å². The van der Waals surface area contributed by atoms with Gasteiger partial charge in [-0.1, -0.05) is 54.6 Å². The molecule has 1 atom stereocenters. The van der Waals surface area contributed by atoms with E-state index >= 15 is 0 Å². The first-order valence-corrected chi connectivity index (χ1v) is 12.0. The van der Waals surface area contributed by atoms with Crippen LogP contribution in [0, 0.1) is 0 Å². The second-order valence-electron chi connectivity index (χ2n) is 8.62. The molecule has 2 aromatic carbocycles. The molecule has 1 aliphatic heterocycles. The first-order valence-electron chi connectivity index (χ1n) is 12.0. The lowest BCUT2D eigenvalue weighted by atomic mass is 10.0. The fourth-order valence-corrected chi connectivity index (χ4v) is 4.26. The molecule has 0 bridgehead atoms. The lowest BCUT2D eigenvalue weighted by molar-refractivity contribution is -0.133. The van der Waals surface area contributed by atoms with Crippen molar-refractivity contribution in [1.82, 2.24) is 20.1 Å². The topological polar surface area (TPSA) is 82.6 Å². The van der Waals surface area contributed by atoms with Crippen LogP contribution >= 0.6 is 0 Å². The third kappa shape index (κ3) is 6.76. The molecule has 3 amide bonds. The number of hydrogen-bond acceptors (Lipinski definition) is 4. The van der Waals surface area contributed by atoms with Gasteiger partial charge in [0.15, 0.2) is 0 Å². The summed E-state index contributed by atoms with van der Waals surface area (Å²) in [5, 5.41) is 3.03. The summed E-state index contributed by atoms with van der Waals surface area (Å²) in [6.45, 7) is 2.16. The Balaban J connectivity index is 1.38. The normalized spacial score (nSPS) is 14.6. The second kappa shape index (κ2) is 11.9. The third-order valence-electron chi connectivity index (χ3n) is 6.18. The number of carbonyl (C=O) groups is 3. The maximum absolute atomic E-state index is 13.3. The highest BCUT2D eigenvalue weighted by Crippen LogP contribution is 2.20. The summed E-state index contributed by atoms with van der Waals surface area (Å²) in [4.78, 5) is 46.7. The summed E-state index contributed by atoms with van der Waals surface area (Å²) >= 11 is 0. The number of aromatic nitrogens is 1. The van der Waals surface area contributed by atoms with Crippen LogP contribution in [0.1, 0.15) is 40.5 Å². The molecule has 1 fully saturated rings. The van der Waals surface area contributed by atoms with Gasteiger partial charge in [-0.15, -0.1) is 0 Å². The Morgan fingerprint density at radius 1 is 0.771 bits per heavy atom. The lowest BCUT2D eigenvalue weighted by Gasteiger charge is -2.25. The van der Waals surface area contributed by atoms with Gasteiger partial charge in [-0.3, -0.25) is 19.4 Å². The van der Waals surface area contributed by atoms with Crippen molar-refractivity contribution in [2.45, 2.75) is 25.3 Å². The number of rotatable bonds is 7. The van der Waals surface area contributed by atoms with Crippen molar-refractivity contribution in [2.24, 2.45) is 0 Å². The fourth-order valence-electron chi connectivity index (χ4n) is 4.26. The minimum atomic E-state index is -0.443. The van der Waals surface area contributed by atoms with Crippen LogP contribution in [0.3, 0.4) is 0 Å². The third-order valence-corrected chi connectivity index (χ3v) is 6.18. The molecule has 1 N–H and O–H groups in total. The quantitative estimate of drug-likeness (QED) is 0.575. The zero-order valence-corrected chi connectivity index (χ0v) is 19.7. The Bertz CT molecular complexity index is 1120. The van der Waals surface area contributed by atoms with E-state index < -0.39 is 6.04 Å². The SMILES string of the molecule is O=C(NC(CC(=O)N1CCCN(C(=O)Cc2ccccn2)CC1)c1ccccc1)c1ccccc1. The largest absolute Gasteiger partial charge is 0.345 e. The van der Waals surface area contributed by atoms with Gasteiger partial charge in [-0.25, -0.2) is 0 Å². The molecular formula is C28H30N4O3. The Morgan fingerprint density at radius 2 is 1.40 bits per heavy atom. The summed E-state index contributed by atoms with van der Waals surface area (Å²) in [5.74, 6) is -0.226. The molecule has 3 aromatic rings. The Kier molecular flexibility index (Phi) is 8.22. The number of benzene rings is 2. The maximum atomic E-state index is 13.3. The van der Waals surface area contributed by atoms with Crippen LogP contribution < -0.4 is 5.32 Å². The van der Waals surface area contributed by atoms with Crippen molar-refractivity contribution < 1.29 is 14.4 Å². The molecule has 0 spiro atoms. The van der Waals surface area contributed by atoms with Gasteiger partial charge in [-0.05, 0) is 36.2 Å². The monoisotopic (exact) mass is 470 g/mol. The predicted molar refractivity (Wildman–Crippen MR) is 133 cm³/mol. The molecule has 7 heteroatoms. The van der Waals surface area contributed by atoms with E-state index in [9.17, 15) is 14.4 Å².